The van der Waals surface area contributed by atoms with Crippen molar-refractivity contribution in [1.82, 2.24) is 0 Å². The second kappa shape index (κ2) is 5.57. The molecule has 0 fully saturated rings. The topological polar surface area (TPSA) is 46.2 Å². The summed E-state index contributed by atoms with van der Waals surface area (Å²) in [4.78, 5) is 25.1. The Morgan fingerprint density at radius 1 is 1.17 bits per heavy atom. The molecule has 1 aliphatic heterocycles. The van der Waals surface area contributed by atoms with Gasteiger partial charge in [0.15, 0.2) is 5.78 Å². The second-order valence-electron chi connectivity index (χ2n) is 6.12. The summed E-state index contributed by atoms with van der Waals surface area (Å²) in [7, 11) is 0. The Balaban J connectivity index is 1.95. The summed E-state index contributed by atoms with van der Waals surface area (Å²) in [5.41, 5.74) is 1.69. The van der Waals surface area contributed by atoms with Gasteiger partial charge in [0, 0.05) is 27.5 Å². The molecule has 1 amide bonds. The van der Waals surface area contributed by atoms with E-state index in [1.807, 2.05) is 36.4 Å². The van der Waals surface area contributed by atoms with Gasteiger partial charge >= 0.3 is 0 Å². The van der Waals surface area contributed by atoms with E-state index < -0.39 is 5.41 Å². The van der Waals surface area contributed by atoms with E-state index in [-0.39, 0.29) is 24.0 Å². The average molecular weight is 403 g/mol. The largest absolute Gasteiger partial charge is 0.325 e. The third-order valence-corrected chi connectivity index (χ3v) is 5.52. The normalized spacial score (nSPS) is 25.0. The minimum absolute atomic E-state index is 0.0176. The van der Waals surface area contributed by atoms with Gasteiger partial charge < -0.3 is 5.32 Å². The van der Waals surface area contributed by atoms with Crippen molar-refractivity contribution in [2.24, 2.45) is 0 Å². The SMILES string of the molecule is O=C1C=C[C@@]2(C(=O)Nc3cc(Br)ccc32)[C@@H](c2cccc(Cl)c2)C1. The summed E-state index contributed by atoms with van der Waals surface area (Å²) in [5, 5.41) is 3.56. The summed E-state index contributed by atoms with van der Waals surface area (Å²) in [6, 6.07) is 13.2. The molecule has 0 bridgehead atoms. The molecule has 2 aromatic rings. The number of carbonyl (C=O) groups is 2. The molecule has 5 heteroatoms. The van der Waals surface area contributed by atoms with Gasteiger partial charge in [0.25, 0.3) is 0 Å². The first-order valence-electron chi connectivity index (χ1n) is 7.60. The highest BCUT2D eigenvalue weighted by molar-refractivity contribution is 9.10. The molecular weight excluding hydrogens is 390 g/mol. The van der Waals surface area contributed by atoms with E-state index in [4.69, 9.17) is 11.6 Å². The van der Waals surface area contributed by atoms with E-state index in [2.05, 4.69) is 21.2 Å². The highest BCUT2D eigenvalue weighted by Gasteiger charge is 2.53. The minimum atomic E-state index is -0.880. The van der Waals surface area contributed by atoms with Gasteiger partial charge in [-0.15, -0.1) is 0 Å². The molecule has 1 N–H and O–H groups in total. The molecule has 2 aliphatic rings. The molecule has 0 unspecified atom stereocenters. The Labute approximate surface area is 152 Å². The summed E-state index contributed by atoms with van der Waals surface area (Å²) >= 11 is 9.58. The van der Waals surface area contributed by atoms with Crippen molar-refractivity contribution in [2.75, 3.05) is 5.32 Å². The molecule has 2 atom stereocenters. The van der Waals surface area contributed by atoms with Crippen molar-refractivity contribution < 1.29 is 9.59 Å². The van der Waals surface area contributed by atoms with E-state index in [0.29, 0.717) is 5.02 Å². The van der Waals surface area contributed by atoms with E-state index in [1.54, 1.807) is 12.1 Å². The number of ketones is 1. The predicted molar refractivity (Wildman–Crippen MR) is 97.4 cm³/mol. The van der Waals surface area contributed by atoms with Crippen molar-refractivity contribution in [1.29, 1.82) is 0 Å². The molecule has 1 heterocycles. The second-order valence-corrected chi connectivity index (χ2v) is 7.48. The summed E-state index contributed by atoms with van der Waals surface area (Å²) < 4.78 is 0.897. The van der Waals surface area contributed by atoms with E-state index in [0.717, 1.165) is 21.3 Å². The van der Waals surface area contributed by atoms with Crippen LogP contribution in [0.2, 0.25) is 5.02 Å². The van der Waals surface area contributed by atoms with Crippen LogP contribution in [0.4, 0.5) is 5.69 Å². The van der Waals surface area contributed by atoms with Crippen molar-refractivity contribution >= 4 is 44.9 Å². The fourth-order valence-electron chi connectivity index (χ4n) is 3.71. The maximum atomic E-state index is 13.0. The molecule has 0 aromatic heterocycles. The quantitative estimate of drug-likeness (QED) is 0.757. The zero-order valence-electron chi connectivity index (χ0n) is 12.6. The highest BCUT2D eigenvalue weighted by Crippen LogP contribution is 2.52. The van der Waals surface area contributed by atoms with Gasteiger partial charge in [-0.2, -0.15) is 0 Å². The Morgan fingerprint density at radius 2 is 2.00 bits per heavy atom. The molecule has 1 spiro atoms. The van der Waals surface area contributed by atoms with Gasteiger partial charge in [-0.25, -0.2) is 0 Å². The standard InChI is InChI=1S/C19H13BrClNO2/c20-12-4-5-15-17(9-12)22-18(24)19(15)7-6-14(23)10-16(19)11-2-1-3-13(21)8-11/h1-9,16H,10H2,(H,22,24)/t16-,19+/m1/s1. The number of amides is 1. The molecule has 0 saturated carbocycles. The minimum Gasteiger partial charge on any atom is -0.325 e. The summed E-state index contributed by atoms with van der Waals surface area (Å²) in [5.74, 6) is -0.371. The average Bonchev–Trinajstić information content (AvgIpc) is 2.81. The van der Waals surface area contributed by atoms with Gasteiger partial charge in [-0.3, -0.25) is 9.59 Å². The molecule has 0 radical (unpaired) electrons. The molecule has 24 heavy (non-hydrogen) atoms. The lowest BCUT2D eigenvalue weighted by Crippen LogP contribution is -2.41. The fourth-order valence-corrected chi connectivity index (χ4v) is 4.27. The Kier molecular flexibility index (Phi) is 3.62. The third-order valence-electron chi connectivity index (χ3n) is 4.79. The van der Waals surface area contributed by atoms with Crippen LogP contribution >= 0.6 is 27.5 Å². The molecule has 1 aliphatic carbocycles. The lowest BCUT2D eigenvalue weighted by Gasteiger charge is -2.36. The molecular formula is C19H13BrClNO2. The van der Waals surface area contributed by atoms with Crippen LogP contribution in [0.5, 0.6) is 0 Å². The van der Waals surface area contributed by atoms with Crippen molar-refractivity contribution in [3.63, 3.8) is 0 Å². The monoisotopic (exact) mass is 401 g/mol. The number of hydrogen-bond donors (Lipinski definition) is 1. The maximum Gasteiger partial charge on any atom is 0.239 e. The van der Waals surface area contributed by atoms with Crippen LogP contribution in [-0.2, 0) is 15.0 Å². The zero-order chi connectivity index (χ0) is 16.9. The predicted octanol–water partition coefficient (Wildman–Crippen LogP) is 4.61. The number of fused-ring (bicyclic) bond motifs is 2. The number of benzene rings is 2. The van der Waals surface area contributed by atoms with Crippen molar-refractivity contribution in [2.45, 2.75) is 17.8 Å². The molecule has 3 nitrogen and oxygen atoms in total. The van der Waals surface area contributed by atoms with Crippen molar-refractivity contribution in [3.05, 3.63) is 75.2 Å². The lowest BCUT2D eigenvalue weighted by molar-refractivity contribution is -0.121. The Hall–Kier alpha value is -1.91. The highest BCUT2D eigenvalue weighted by atomic mass is 79.9. The number of halogens is 2. The number of carbonyl (C=O) groups excluding carboxylic acids is 2. The number of allylic oxidation sites excluding steroid dienone is 1. The maximum absolute atomic E-state index is 13.0. The van der Waals surface area contributed by atoms with Gasteiger partial charge in [0.05, 0.1) is 0 Å². The molecule has 0 saturated heterocycles. The lowest BCUT2D eigenvalue weighted by atomic mass is 9.64. The number of rotatable bonds is 1. The molecule has 120 valence electrons. The third kappa shape index (κ3) is 2.25. The first-order chi connectivity index (χ1) is 11.5. The van der Waals surface area contributed by atoms with Crippen LogP contribution in [0.3, 0.4) is 0 Å². The molecule has 2 aromatic carbocycles. The van der Waals surface area contributed by atoms with E-state index in [1.165, 1.54) is 6.08 Å². The van der Waals surface area contributed by atoms with Crippen LogP contribution in [0, 0.1) is 0 Å². The number of nitrogens with one attached hydrogen (secondary N) is 1. The van der Waals surface area contributed by atoms with Crippen LogP contribution in [-0.4, -0.2) is 11.7 Å². The van der Waals surface area contributed by atoms with Crippen molar-refractivity contribution in [3.8, 4) is 0 Å². The first kappa shape index (κ1) is 15.6. The van der Waals surface area contributed by atoms with E-state index in [9.17, 15) is 9.59 Å². The Bertz CT molecular complexity index is 908. The number of anilines is 1. The van der Waals surface area contributed by atoms with Gasteiger partial charge in [-0.05, 0) is 41.5 Å². The zero-order valence-corrected chi connectivity index (χ0v) is 14.9. The summed E-state index contributed by atoms with van der Waals surface area (Å²) in [6.45, 7) is 0. The fraction of sp³-hybridized carbons (Fsp3) is 0.158. The van der Waals surface area contributed by atoms with E-state index >= 15 is 0 Å². The van der Waals surface area contributed by atoms with Crippen LogP contribution < -0.4 is 5.32 Å². The first-order valence-corrected chi connectivity index (χ1v) is 8.77. The van der Waals surface area contributed by atoms with Crippen LogP contribution in [0.25, 0.3) is 0 Å². The Morgan fingerprint density at radius 3 is 2.79 bits per heavy atom. The van der Waals surface area contributed by atoms with Gasteiger partial charge in [0.1, 0.15) is 5.41 Å². The van der Waals surface area contributed by atoms with Gasteiger partial charge in [-0.1, -0.05) is 51.8 Å². The van der Waals surface area contributed by atoms with Crippen LogP contribution in [0.15, 0.2) is 59.1 Å². The van der Waals surface area contributed by atoms with Gasteiger partial charge in [0.2, 0.25) is 5.91 Å². The smallest absolute Gasteiger partial charge is 0.239 e. The summed E-state index contributed by atoms with van der Waals surface area (Å²) in [6.07, 6.45) is 3.55. The van der Waals surface area contributed by atoms with Crippen LogP contribution in [0.1, 0.15) is 23.5 Å². The number of hydrogen-bond acceptors (Lipinski definition) is 2. The molecule has 4 rings (SSSR count).